The molecule has 152 valence electrons. The van der Waals surface area contributed by atoms with Gasteiger partial charge in [-0.25, -0.2) is 0 Å². The van der Waals surface area contributed by atoms with Crippen LogP contribution in [0.2, 0.25) is 0 Å². The van der Waals surface area contributed by atoms with Gasteiger partial charge < -0.3 is 9.47 Å². The molecule has 2 saturated carbocycles. The molecule has 0 spiro atoms. The molecular weight excluding hydrogens is 353 g/mol. The zero-order valence-electron chi connectivity index (χ0n) is 16.1. The Morgan fingerprint density at radius 1 is 0.778 bits per heavy atom. The zero-order chi connectivity index (χ0) is 19.3. The molecule has 0 aliphatic heterocycles. The number of alkyl halides is 3. The van der Waals surface area contributed by atoms with Gasteiger partial charge in [-0.1, -0.05) is 26.2 Å². The van der Waals surface area contributed by atoms with Gasteiger partial charge in [0.2, 0.25) is 0 Å². The maximum Gasteiger partial charge on any atom is 0.573 e. The average Bonchev–Trinajstić information content (AvgIpc) is 2.67. The van der Waals surface area contributed by atoms with Crippen molar-refractivity contribution >= 4 is 0 Å². The van der Waals surface area contributed by atoms with Crippen LogP contribution in [0.1, 0.15) is 64.7 Å². The lowest BCUT2D eigenvalue weighted by molar-refractivity contribution is -0.274. The standard InChI is InChI=1S/C22H31F3O2/c1-2-16-3-7-18(8-4-16)19-9-5-17(6-10-19)15-26-20-11-13-21(14-12-20)27-22(23,24)25/h11-14,16-19H,2-10,15H2,1H3. The lowest BCUT2D eigenvalue weighted by Gasteiger charge is -2.37. The number of halogens is 3. The van der Waals surface area contributed by atoms with Crippen LogP contribution in [0.5, 0.6) is 11.5 Å². The highest BCUT2D eigenvalue weighted by atomic mass is 19.4. The lowest BCUT2D eigenvalue weighted by Crippen LogP contribution is -2.27. The smallest absolute Gasteiger partial charge is 0.493 e. The van der Waals surface area contributed by atoms with Crippen LogP contribution in [0.3, 0.4) is 0 Å². The summed E-state index contributed by atoms with van der Waals surface area (Å²) in [6, 6.07) is 5.68. The first kappa shape index (κ1) is 20.3. The van der Waals surface area contributed by atoms with Crippen LogP contribution in [0.4, 0.5) is 13.2 Å². The maximum atomic E-state index is 12.2. The molecule has 2 nitrogen and oxygen atoms in total. The van der Waals surface area contributed by atoms with Gasteiger partial charge in [-0.2, -0.15) is 0 Å². The van der Waals surface area contributed by atoms with Crippen LogP contribution in [0.25, 0.3) is 0 Å². The highest BCUT2D eigenvalue weighted by molar-refractivity contribution is 5.31. The second-order valence-electron chi connectivity index (χ2n) is 8.30. The largest absolute Gasteiger partial charge is 0.573 e. The fraction of sp³-hybridized carbons (Fsp3) is 0.727. The van der Waals surface area contributed by atoms with Crippen molar-refractivity contribution in [2.24, 2.45) is 23.7 Å². The molecule has 27 heavy (non-hydrogen) atoms. The fourth-order valence-electron chi connectivity index (χ4n) is 4.85. The van der Waals surface area contributed by atoms with Crippen LogP contribution >= 0.6 is 0 Å². The molecule has 0 unspecified atom stereocenters. The van der Waals surface area contributed by atoms with Gasteiger partial charge in [0, 0.05) is 0 Å². The molecule has 1 aromatic carbocycles. The lowest BCUT2D eigenvalue weighted by atomic mass is 9.69. The molecule has 0 heterocycles. The van der Waals surface area contributed by atoms with E-state index in [-0.39, 0.29) is 5.75 Å². The Balaban J connectivity index is 1.37. The molecule has 2 aliphatic rings. The van der Waals surface area contributed by atoms with E-state index < -0.39 is 6.36 Å². The second kappa shape index (κ2) is 9.20. The number of hydrogen-bond acceptors (Lipinski definition) is 2. The fourth-order valence-corrected chi connectivity index (χ4v) is 4.85. The molecule has 5 heteroatoms. The first-order valence-corrected chi connectivity index (χ1v) is 10.4. The van der Waals surface area contributed by atoms with Gasteiger partial charge in [0.05, 0.1) is 6.61 Å². The third kappa shape index (κ3) is 6.32. The van der Waals surface area contributed by atoms with Gasteiger partial charge in [-0.05, 0) is 86.5 Å². The highest BCUT2D eigenvalue weighted by Crippen LogP contribution is 2.42. The second-order valence-corrected chi connectivity index (χ2v) is 8.30. The Labute approximate surface area is 160 Å². The number of rotatable bonds is 6. The molecule has 3 rings (SSSR count). The number of ether oxygens (including phenoxy) is 2. The van der Waals surface area contributed by atoms with Crippen LogP contribution in [0, 0.1) is 23.7 Å². The number of hydrogen-bond donors (Lipinski definition) is 0. The Kier molecular flexibility index (Phi) is 6.93. The molecule has 0 N–H and O–H groups in total. The van der Waals surface area contributed by atoms with Crippen molar-refractivity contribution in [3.63, 3.8) is 0 Å². The van der Waals surface area contributed by atoms with Crippen molar-refractivity contribution in [1.29, 1.82) is 0 Å². The molecule has 0 bridgehead atoms. The van der Waals surface area contributed by atoms with E-state index in [9.17, 15) is 13.2 Å². The Morgan fingerprint density at radius 2 is 1.26 bits per heavy atom. The minimum atomic E-state index is -4.66. The summed E-state index contributed by atoms with van der Waals surface area (Å²) < 4.78 is 46.2. The van der Waals surface area contributed by atoms with Gasteiger partial charge in [0.15, 0.2) is 0 Å². The Bertz CT molecular complexity index is 554. The first-order valence-electron chi connectivity index (χ1n) is 10.4. The number of benzene rings is 1. The molecule has 0 atom stereocenters. The van der Waals surface area contributed by atoms with E-state index in [4.69, 9.17) is 4.74 Å². The summed E-state index contributed by atoms with van der Waals surface area (Å²) in [7, 11) is 0. The van der Waals surface area contributed by atoms with Crippen LogP contribution in [-0.4, -0.2) is 13.0 Å². The van der Waals surface area contributed by atoms with Crippen LogP contribution in [-0.2, 0) is 0 Å². The normalized spacial score (nSPS) is 29.3. The quantitative estimate of drug-likeness (QED) is 0.526. The summed E-state index contributed by atoms with van der Waals surface area (Å²) >= 11 is 0. The van der Waals surface area contributed by atoms with Crippen LogP contribution in [0.15, 0.2) is 24.3 Å². The van der Waals surface area contributed by atoms with Crippen molar-refractivity contribution in [1.82, 2.24) is 0 Å². The van der Waals surface area contributed by atoms with Crippen molar-refractivity contribution in [3.8, 4) is 11.5 Å². The summed E-state index contributed by atoms with van der Waals surface area (Å²) in [5.41, 5.74) is 0. The zero-order valence-corrected chi connectivity index (χ0v) is 16.1. The third-order valence-electron chi connectivity index (χ3n) is 6.57. The average molecular weight is 384 g/mol. The molecule has 0 radical (unpaired) electrons. The van der Waals surface area contributed by atoms with Crippen molar-refractivity contribution < 1.29 is 22.6 Å². The molecule has 0 aromatic heterocycles. The molecule has 1 aromatic rings. The predicted octanol–water partition coefficient (Wildman–Crippen LogP) is 6.99. The molecule has 0 saturated heterocycles. The van der Waals surface area contributed by atoms with E-state index in [2.05, 4.69) is 11.7 Å². The maximum absolute atomic E-state index is 12.2. The molecular formula is C22H31F3O2. The van der Waals surface area contributed by atoms with E-state index in [0.29, 0.717) is 18.3 Å². The van der Waals surface area contributed by atoms with Gasteiger partial charge in [-0.15, -0.1) is 13.2 Å². The minimum absolute atomic E-state index is 0.215. The summed E-state index contributed by atoms with van der Waals surface area (Å²) in [5.74, 6) is 3.71. The van der Waals surface area contributed by atoms with Crippen molar-refractivity contribution in [2.75, 3.05) is 6.61 Å². The third-order valence-corrected chi connectivity index (χ3v) is 6.57. The van der Waals surface area contributed by atoms with Gasteiger partial charge in [-0.3, -0.25) is 0 Å². The SMILES string of the molecule is CCC1CCC(C2CCC(COc3ccc(OC(F)(F)F)cc3)CC2)CC1. The summed E-state index contributed by atoms with van der Waals surface area (Å²) in [6.07, 6.45) is 7.34. The van der Waals surface area contributed by atoms with Gasteiger partial charge in [0.25, 0.3) is 0 Å². The molecule has 2 fully saturated rings. The predicted molar refractivity (Wildman–Crippen MR) is 99.8 cm³/mol. The van der Waals surface area contributed by atoms with Gasteiger partial charge in [0.1, 0.15) is 11.5 Å². The highest BCUT2D eigenvalue weighted by Gasteiger charge is 2.32. The van der Waals surface area contributed by atoms with Crippen molar-refractivity contribution in [2.45, 2.75) is 71.1 Å². The summed E-state index contributed by atoms with van der Waals surface area (Å²) in [6.45, 7) is 2.96. The first-order chi connectivity index (χ1) is 12.9. The van der Waals surface area contributed by atoms with E-state index in [0.717, 1.165) is 17.8 Å². The Morgan fingerprint density at radius 3 is 1.74 bits per heavy atom. The molecule has 0 amide bonds. The monoisotopic (exact) mass is 384 g/mol. The summed E-state index contributed by atoms with van der Waals surface area (Å²) in [4.78, 5) is 0. The topological polar surface area (TPSA) is 18.5 Å². The summed E-state index contributed by atoms with van der Waals surface area (Å²) in [5, 5.41) is 0. The minimum Gasteiger partial charge on any atom is -0.493 e. The van der Waals surface area contributed by atoms with E-state index in [1.165, 1.54) is 69.9 Å². The molecule has 2 aliphatic carbocycles. The van der Waals surface area contributed by atoms with Crippen molar-refractivity contribution in [3.05, 3.63) is 24.3 Å². The van der Waals surface area contributed by atoms with Crippen LogP contribution < -0.4 is 9.47 Å². The van der Waals surface area contributed by atoms with Gasteiger partial charge >= 0.3 is 6.36 Å². The van der Waals surface area contributed by atoms with E-state index in [1.807, 2.05) is 0 Å². The van der Waals surface area contributed by atoms with E-state index in [1.54, 1.807) is 12.1 Å². The Hall–Kier alpha value is -1.39. The van der Waals surface area contributed by atoms with E-state index >= 15 is 0 Å².